The summed E-state index contributed by atoms with van der Waals surface area (Å²) >= 11 is 7.50. The highest BCUT2D eigenvalue weighted by atomic mass is 35.5. The minimum atomic E-state index is -0.270. The first-order valence-corrected chi connectivity index (χ1v) is 6.98. The molecule has 2 N–H and O–H groups in total. The zero-order valence-electron chi connectivity index (χ0n) is 10.5. The van der Waals surface area contributed by atoms with Gasteiger partial charge in [-0.15, -0.1) is 0 Å². The van der Waals surface area contributed by atoms with Crippen LogP contribution in [0.1, 0.15) is 26.3 Å². The van der Waals surface area contributed by atoms with Crippen molar-refractivity contribution in [3.8, 4) is 0 Å². The summed E-state index contributed by atoms with van der Waals surface area (Å²) in [5.41, 5.74) is 6.63. The van der Waals surface area contributed by atoms with E-state index in [0.717, 1.165) is 5.75 Å². The van der Waals surface area contributed by atoms with Gasteiger partial charge in [0.25, 0.3) is 0 Å². The number of rotatable bonds is 4. The number of nitrogens with two attached hydrogens (primary N) is 1. The van der Waals surface area contributed by atoms with Crippen molar-refractivity contribution in [1.29, 1.82) is 0 Å². The van der Waals surface area contributed by atoms with Crippen molar-refractivity contribution in [3.63, 3.8) is 0 Å². The number of hydrogen-bond donors (Lipinski definition) is 1. The van der Waals surface area contributed by atoms with E-state index in [0.29, 0.717) is 17.0 Å². The average Bonchev–Trinajstić information content (AvgIpc) is 2.18. The van der Waals surface area contributed by atoms with Crippen molar-refractivity contribution >= 4 is 23.4 Å². The van der Waals surface area contributed by atoms with Gasteiger partial charge in [0.2, 0.25) is 0 Å². The highest BCUT2D eigenvalue weighted by Gasteiger charge is 2.14. The average molecular weight is 276 g/mol. The Hall–Kier alpha value is -0.250. The van der Waals surface area contributed by atoms with E-state index in [1.165, 1.54) is 6.07 Å². The van der Waals surface area contributed by atoms with E-state index in [9.17, 15) is 4.39 Å². The summed E-state index contributed by atoms with van der Waals surface area (Å²) in [6.45, 7) is 6.44. The summed E-state index contributed by atoms with van der Waals surface area (Å²) in [4.78, 5) is 0. The smallest absolute Gasteiger partial charge is 0.127 e. The molecule has 0 aliphatic heterocycles. The van der Waals surface area contributed by atoms with Gasteiger partial charge in [-0.1, -0.05) is 38.4 Å². The molecule has 0 aliphatic carbocycles. The van der Waals surface area contributed by atoms with E-state index < -0.39 is 0 Å². The van der Waals surface area contributed by atoms with E-state index >= 15 is 0 Å². The fourth-order valence-corrected chi connectivity index (χ4v) is 2.38. The highest BCUT2D eigenvalue weighted by Crippen LogP contribution is 2.24. The standard InChI is InChI=1S/C13H19ClFNS/c1-13(2,3)17-8-11(16)6-9-4-5-10(14)7-12(9)15/h4-5,7,11H,6,8,16H2,1-3H3. The van der Waals surface area contributed by atoms with Gasteiger partial charge in [-0.05, 0) is 24.1 Å². The van der Waals surface area contributed by atoms with Gasteiger partial charge in [0.15, 0.2) is 0 Å². The van der Waals surface area contributed by atoms with Gasteiger partial charge in [-0.25, -0.2) is 4.39 Å². The van der Waals surface area contributed by atoms with Crippen LogP contribution in [0.2, 0.25) is 5.02 Å². The summed E-state index contributed by atoms with van der Waals surface area (Å²) in [6, 6.07) is 4.71. The van der Waals surface area contributed by atoms with Crippen LogP contribution in [-0.2, 0) is 6.42 Å². The molecule has 1 atom stereocenters. The van der Waals surface area contributed by atoms with Crippen LogP contribution in [-0.4, -0.2) is 16.5 Å². The molecule has 0 heterocycles. The second kappa shape index (κ2) is 6.07. The third-order valence-corrected chi connectivity index (χ3v) is 3.92. The second-order valence-corrected chi connectivity index (χ2v) is 7.41. The molecule has 1 nitrogen and oxygen atoms in total. The topological polar surface area (TPSA) is 26.0 Å². The molecule has 0 amide bonds. The SMILES string of the molecule is CC(C)(C)SCC(N)Cc1ccc(Cl)cc1F. The molecule has 4 heteroatoms. The van der Waals surface area contributed by atoms with Gasteiger partial charge in [-0.2, -0.15) is 11.8 Å². The Morgan fingerprint density at radius 2 is 2.06 bits per heavy atom. The van der Waals surface area contributed by atoms with Crippen LogP contribution in [0.15, 0.2) is 18.2 Å². The molecule has 1 rings (SSSR count). The Bertz CT molecular complexity index is 376. The molecular formula is C13H19ClFNS. The minimum Gasteiger partial charge on any atom is -0.327 e. The molecule has 1 aromatic carbocycles. The van der Waals surface area contributed by atoms with Crippen LogP contribution in [0.25, 0.3) is 0 Å². The first kappa shape index (κ1) is 14.8. The second-order valence-electron chi connectivity index (χ2n) is 5.12. The number of hydrogen-bond acceptors (Lipinski definition) is 2. The van der Waals surface area contributed by atoms with E-state index in [4.69, 9.17) is 17.3 Å². The Morgan fingerprint density at radius 1 is 1.41 bits per heavy atom. The largest absolute Gasteiger partial charge is 0.327 e. The van der Waals surface area contributed by atoms with Crippen LogP contribution >= 0.6 is 23.4 Å². The van der Waals surface area contributed by atoms with Gasteiger partial charge < -0.3 is 5.73 Å². The predicted molar refractivity (Wildman–Crippen MR) is 75.3 cm³/mol. The van der Waals surface area contributed by atoms with Crippen molar-refractivity contribution in [3.05, 3.63) is 34.6 Å². The third-order valence-electron chi connectivity index (χ3n) is 2.23. The fraction of sp³-hybridized carbons (Fsp3) is 0.538. The van der Waals surface area contributed by atoms with Crippen molar-refractivity contribution in [2.75, 3.05) is 5.75 Å². The molecule has 0 bridgehead atoms. The first-order chi connectivity index (χ1) is 7.78. The molecule has 0 saturated heterocycles. The molecule has 0 aromatic heterocycles. The van der Waals surface area contributed by atoms with Crippen LogP contribution in [0.5, 0.6) is 0 Å². The molecule has 1 unspecified atom stereocenters. The van der Waals surface area contributed by atoms with Gasteiger partial charge >= 0.3 is 0 Å². The number of benzene rings is 1. The van der Waals surface area contributed by atoms with E-state index in [-0.39, 0.29) is 16.6 Å². The summed E-state index contributed by atoms with van der Waals surface area (Å²) in [6.07, 6.45) is 0.548. The maximum atomic E-state index is 13.5. The fourth-order valence-electron chi connectivity index (χ4n) is 1.39. The Balaban J connectivity index is 2.53. The highest BCUT2D eigenvalue weighted by molar-refractivity contribution is 8.00. The molecule has 0 saturated carbocycles. The quantitative estimate of drug-likeness (QED) is 0.902. The lowest BCUT2D eigenvalue weighted by atomic mass is 10.1. The molecule has 0 radical (unpaired) electrons. The zero-order chi connectivity index (χ0) is 13.1. The summed E-state index contributed by atoms with van der Waals surface area (Å²) in [5.74, 6) is 0.555. The van der Waals surface area contributed by atoms with Crippen molar-refractivity contribution in [2.45, 2.75) is 38.0 Å². The van der Waals surface area contributed by atoms with Crippen molar-refractivity contribution in [1.82, 2.24) is 0 Å². The summed E-state index contributed by atoms with van der Waals surface area (Å²) in [5, 5.41) is 0.420. The van der Waals surface area contributed by atoms with E-state index in [1.54, 1.807) is 23.9 Å². The van der Waals surface area contributed by atoms with Gasteiger partial charge in [0.05, 0.1) is 0 Å². The summed E-state index contributed by atoms with van der Waals surface area (Å²) < 4.78 is 13.7. The monoisotopic (exact) mass is 275 g/mol. The minimum absolute atomic E-state index is 0.0325. The number of halogens is 2. The Morgan fingerprint density at radius 3 is 2.59 bits per heavy atom. The molecule has 0 fully saturated rings. The van der Waals surface area contributed by atoms with Crippen LogP contribution < -0.4 is 5.73 Å². The van der Waals surface area contributed by atoms with Crippen LogP contribution in [0, 0.1) is 5.82 Å². The Labute approximate surface area is 112 Å². The molecule has 1 aromatic rings. The van der Waals surface area contributed by atoms with E-state index in [2.05, 4.69) is 20.8 Å². The van der Waals surface area contributed by atoms with E-state index in [1.807, 2.05) is 0 Å². The molecule has 0 spiro atoms. The molecule has 0 aliphatic rings. The Kier molecular flexibility index (Phi) is 5.29. The normalized spacial score (nSPS) is 13.8. The first-order valence-electron chi connectivity index (χ1n) is 5.61. The van der Waals surface area contributed by atoms with Gasteiger partial charge in [0.1, 0.15) is 5.82 Å². The van der Waals surface area contributed by atoms with Crippen molar-refractivity contribution in [2.24, 2.45) is 5.73 Å². The predicted octanol–water partition coefficient (Wildman–Crippen LogP) is 3.88. The lowest BCUT2D eigenvalue weighted by Crippen LogP contribution is -2.28. The maximum absolute atomic E-state index is 13.5. The number of thioether (sulfide) groups is 1. The lowest BCUT2D eigenvalue weighted by molar-refractivity contribution is 0.597. The molecule has 96 valence electrons. The summed E-state index contributed by atoms with van der Waals surface area (Å²) in [7, 11) is 0. The zero-order valence-corrected chi connectivity index (χ0v) is 12.0. The van der Waals surface area contributed by atoms with Gasteiger partial charge in [-0.3, -0.25) is 0 Å². The lowest BCUT2D eigenvalue weighted by Gasteiger charge is -2.20. The van der Waals surface area contributed by atoms with Crippen LogP contribution in [0.3, 0.4) is 0 Å². The van der Waals surface area contributed by atoms with Crippen molar-refractivity contribution < 1.29 is 4.39 Å². The molecular weight excluding hydrogens is 257 g/mol. The van der Waals surface area contributed by atoms with Crippen LogP contribution in [0.4, 0.5) is 4.39 Å². The molecule has 17 heavy (non-hydrogen) atoms. The third kappa shape index (κ3) is 5.75. The van der Waals surface area contributed by atoms with Gasteiger partial charge in [0, 0.05) is 21.6 Å². The maximum Gasteiger partial charge on any atom is 0.127 e.